The molecule has 0 amide bonds. The predicted octanol–water partition coefficient (Wildman–Crippen LogP) is 5.00. The molecule has 0 N–H and O–H groups in total. The fourth-order valence-corrected chi connectivity index (χ4v) is 6.52. The number of aryl methyl sites for hydroxylation is 1. The lowest BCUT2D eigenvalue weighted by atomic mass is 9.58. The van der Waals surface area contributed by atoms with Crippen LogP contribution in [0.3, 0.4) is 0 Å². The molecular weight excluding hydrogens is 512 g/mol. The Hall–Kier alpha value is -1.02. The van der Waals surface area contributed by atoms with Crippen LogP contribution in [0, 0.1) is 5.92 Å². The maximum atomic E-state index is 14.3. The van der Waals surface area contributed by atoms with E-state index in [0.29, 0.717) is 30.4 Å². The van der Waals surface area contributed by atoms with E-state index in [1.165, 1.54) is 0 Å². The first-order chi connectivity index (χ1) is 15.3. The van der Waals surface area contributed by atoms with Crippen LogP contribution in [0.2, 0.25) is 5.15 Å². The molecule has 2 heterocycles. The Bertz CT molecular complexity index is 1180. The van der Waals surface area contributed by atoms with E-state index in [0.717, 1.165) is 16.5 Å². The van der Waals surface area contributed by atoms with Crippen molar-refractivity contribution in [2.45, 2.75) is 47.1 Å². The van der Waals surface area contributed by atoms with Gasteiger partial charge in [0.05, 0.1) is 13.2 Å². The fraction of sp³-hybridized carbons (Fsp3) is 0.565. The van der Waals surface area contributed by atoms with Crippen LogP contribution >= 0.6 is 46.4 Å². The van der Waals surface area contributed by atoms with E-state index in [2.05, 4.69) is 0 Å². The highest BCUT2D eigenvalue weighted by Gasteiger charge is 2.67. The Morgan fingerprint density at radius 2 is 1.91 bits per heavy atom. The summed E-state index contributed by atoms with van der Waals surface area (Å²) in [5.74, 6) is -2.76. The van der Waals surface area contributed by atoms with Gasteiger partial charge in [-0.3, -0.25) is 9.59 Å². The largest absolute Gasteiger partial charge is 0.460 e. The highest BCUT2D eigenvalue weighted by Crippen LogP contribution is 2.59. The molecule has 1 saturated carbocycles. The van der Waals surface area contributed by atoms with Gasteiger partial charge in [-0.05, 0) is 11.6 Å². The molecule has 0 unspecified atom stereocenters. The van der Waals surface area contributed by atoms with E-state index in [1.54, 1.807) is 12.1 Å². The number of fused-ring (bicyclic) bond motifs is 3. The van der Waals surface area contributed by atoms with E-state index in [-0.39, 0.29) is 12.2 Å². The summed E-state index contributed by atoms with van der Waals surface area (Å²) in [5.41, 5.74) is -0.260. The van der Waals surface area contributed by atoms with Crippen LogP contribution in [-0.4, -0.2) is 45.7 Å². The van der Waals surface area contributed by atoms with E-state index in [1.807, 2.05) is 31.5 Å². The molecule has 1 spiro atoms. The molecule has 178 valence electrons. The molecule has 1 aromatic heterocycles. The maximum absolute atomic E-state index is 14.3. The zero-order valence-electron chi connectivity index (χ0n) is 18.3. The minimum absolute atomic E-state index is 0.0187. The van der Waals surface area contributed by atoms with Gasteiger partial charge in [0, 0.05) is 47.7 Å². The summed E-state index contributed by atoms with van der Waals surface area (Å²) >= 11 is 24.5. The topological polar surface area (TPSA) is 66.8 Å². The average Bonchev–Trinajstić information content (AvgIpc) is 3.29. The van der Waals surface area contributed by atoms with Crippen LogP contribution in [-0.2, 0) is 41.7 Å². The number of benzene rings is 1. The third kappa shape index (κ3) is 3.29. The van der Waals surface area contributed by atoms with Crippen molar-refractivity contribution in [3.05, 3.63) is 34.5 Å². The summed E-state index contributed by atoms with van der Waals surface area (Å²) in [5, 5.41) is 1.29. The minimum atomic E-state index is -1.82. The maximum Gasteiger partial charge on any atom is 0.324 e. The van der Waals surface area contributed by atoms with Crippen LogP contribution in [0.15, 0.2) is 18.2 Å². The highest BCUT2D eigenvalue weighted by atomic mass is 35.6. The number of aromatic nitrogens is 1. The monoisotopic (exact) mass is 533 g/mol. The third-order valence-electron chi connectivity index (χ3n) is 7.45. The Balaban J connectivity index is 1.83. The van der Waals surface area contributed by atoms with Crippen molar-refractivity contribution in [3.8, 4) is 0 Å². The minimum Gasteiger partial charge on any atom is -0.460 e. The molecule has 2 aromatic rings. The number of nitrogens with zero attached hydrogens (tertiary/aromatic N) is 1. The lowest BCUT2D eigenvalue weighted by molar-refractivity contribution is -0.211. The van der Waals surface area contributed by atoms with E-state index >= 15 is 0 Å². The van der Waals surface area contributed by atoms with Crippen molar-refractivity contribution in [2.24, 2.45) is 13.0 Å². The summed E-state index contributed by atoms with van der Waals surface area (Å²) < 4.78 is 17.7. The van der Waals surface area contributed by atoms with Gasteiger partial charge in [0.2, 0.25) is 3.79 Å². The number of carbonyl (C=O) groups is 2. The first kappa shape index (κ1) is 23.7. The van der Waals surface area contributed by atoms with Crippen LogP contribution in [0.1, 0.15) is 37.8 Å². The molecule has 2 aliphatic carbocycles. The van der Waals surface area contributed by atoms with Crippen LogP contribution in [0.25, 0.3) is 10.9 Å². The van der Waals surface area contributed by atoms with E-state index in [4.69, 9.17) is 60.6 Å². The second-order valence-corrected chi connectivity index (χ2v) is 12.5. The molecule has 2 atom stereocenters. The zero-order valence-corrected chi connectivity index (χ0v) is 21.4. The molecule has 0 radical (unpaired) electrons. The van der Waals surface area contributed by atoms with Gasteiger partial charge in [0.1, 0.15) is 11.8 Å². The van der Waals surface area contributed by atoms with Crippen LogP contribution in [0.5, 0.6) is 0 Å². The second-order valence-electron chi connectivity index (χ2n) is 9.65. The van der Waals surface area contributed by atoms with Gasteiger partial charge in [0.25, 0.3) is 0 Å². The van der Waals surface area contributed by atoms with Gasteiger partial charge in [-0.1, -0.05) is 72.4 Å². The molecule has 1 aliphatic heterocycles. The van der Waals surface area contributed by atoms with Crippen molar-refractivity contribution in [1.29, 1.82) is 0 Å². The number of Topliss-reactive ketones (excluding diaryl/α,β-unsaturated/α-hetero) is 1. The number of carbonyl (C=O) groups excluding carboxylic acids is 2. The number of hydrogen-bond acceptors (Lipinski definition) is 5. The standard InChI is InChI=1S/C23H23Cl4NO5/c1-20(2)13-9-21(32-7-8-33-21)10-22(17(13)29,19(30)31-11-23(25,26)27)12-5-4-6-14-15(12)16(20)18(24)28(14)3/h4-6,13H,7-11H2,1-3H3/t13-,22+/m0/s1. The normalized spacial score (nSPS) is 27.7. The number of ether oxygens (including phenoxy) is 3. The van der Waals surface area contributed by atoms with Gasteiger partial charge in [0.15, 0.2) is 17.0 Å². The van der Waals surface area contributed by atoms with Gasteiger partial charge in [-0.2, -0.15) is 0 Å². The predicted molar refractivity (Wildman–Crippen MR) is 126 cm³/mol. The van der Waals surface area contributed by atoms with E-state index < -0.39 is 38.9 Å². The summed E-state index contributed by atoms with van der Waals surface area (Å²) in [6.45, 7) is 4.21. The SMILES string of the molecule is Cn1c(Cl)c2c3c(cccc31)[C@]1(C(=O)OCC(Cl)(Cl)Cl)CC3(C[C@@H](C1=O)C2(C)C)OCCO3. The summed E-state index contributed by atoms with van der Waals surface area (Å²) in [6.07, 6.45) is 0.286. The van der Waals surface area contributed by atoms with E-state index in [9.17, 15) is 9.59 Å². The van der Waals surface area contributed by atoms with Crippen molar-refractivity contribution < 1.29 is 23.8 Å². The smallest absolute Gasteiger partial charge is 0.324 e. The molecule has 1 saturated heterocycles. The van der Waals surface area contributed by atoms with Gasteiger partial charge >= 0.3 is 5.97 Å². The van der Waals surface area contributed by atoms with Crippen molar-refractivity contribution >= 4 is 69.1 Å². The molecule has 33 heavy (non-hydrogen) atoms. The number of hydrogen-bond donors (Lipinski definition) is 0. The number of halogens is 4. The Morgan fingerprint density at radius 1 is 1.24 bits per heavy atom. The third-order valence-corrected chi connectivity index (χ3v) is 8.22. The molecule has 2 bridgehead atoms. The van der Waals surface area contributed by atoms with Crippen molar-refractivity contribution in [1.82, 2.24) is 4.57 Å². The van der Waals surface area contributed by atoms with Crippen molar-refractivity contribution in [3.63, 3.8) is 0 Å². The first-order valence-corrected chi connectivity index (χ1v) is 12.2. The number of rotatable bonds is 2. The first-order valence-electron chi connectivity index (χ1n) is 10.7. The van der Waals surface area contributed by atoms with Crippen LogP contribution in [0.4, 0.5) is 0 Å². The Kier molecular flexibility index (Phi) is 5.38. The molecule has 5 rings (SSSR count). The van der Waals surface area contributed by atoms with Crippen molar-refractivity contribution in [2.75, 3.05) is 19.8 Å². The highest BCUT2D eigenvalue weighted by molar-refractivity contribution is 6.67. The van der Waals surface area contributed by atoms with Gasteiger partial charge in [-0.25, -0.2) is 0 Å². The lowest BCUT2D eigenvalue weighted by Gasteiger charge is -2.48. The summed E-state index contributed by atoms with van der Waals surface area (Å²) in [4.78, 5) is 28.2. The average molecular weight is 535 g/mol. The number of ketones is 1. The fourth-order valence-electron chi connectivity index (χ4n) is 5.92. The quantitative estimate of drug-likeness (QED) is 0.308. The van der Waals surface area contributed by atoms with Gasteiger partial charge < -0.3 is 18.8 Å². The summed E-state index contributed by atoms with van der Waals surface area (Å²) in [6, 6.07) is 5.51. The van der Waals surface area contributed by atoms with Gasteiger partial charge in [-0.15, -0.1) is 0 Å². The van der Waals surface area contributed by atoms with Crippen LogP contribution < -0.4 is 0 Å². The number of esters is 1. The summed E-state index contributed by atoms with van der Waals surface area (Å²) in [7, 11) is 1.87. The zero-order chi connectivity index (χ0) is 24.0. The second kappa shape index (κ2) is 7.49. The lowest BCUT2D eigenvalue weighted by Crippen LogP contribution is -2.60. The Morgan fingerprint density at radius 3 is 2.55 bits per heavy atom. The molecular formula is C23H23Cl4NO5. The molecule has 1 aromatic carbocycles. The Labute approximate surface area is 211 Å². The molecule has 2 fully saturated rings. The molecule has 6 nitrogen and oxygen atoms in total. The molecule has 3 aliphatic rings. The number of alkyl halides is 3. The molecule has 10 heteroatoms.